The van der Waals surface area contributed by atoms with Crippen LogP contribution >= 0.6 is 0 Å². The maximum Gasteiger partial charge on any atom is 0.407 e. The summed E-state index contributed by atoms with van der Waals surface area (Å²) in [5, 5.41) is 7.98. The highest BCUT2D eigenvalue weighted by molar-refractivity contribution is 5.89. The lowest BCUT2D eigenvalue weighted by molar-refractivity contribution is -0.139. The van der Waals surface area contributed by atoms with E-state index in [1.165, 1.54) is 4.90 Å². The summed E-state index contributed by atoms with van der Waals surface area (Å²) < 4.78 is 5.13. The van der Waals surface area contributed by atoms with E-state index in [1.807, 2.05) is 0 Å². The van der Waals surface area contributed by atoms with Gasteiger partial charge in [0, 0.05) is 32.5 Å². The second-order valence-corrected chi connectivity index (χ2v) is 9.11. The molecule has 0 aromatic carbocycles. The molecule has 0 unspecified atom stereocenters. The van der Waals surface area contributed by atoms with Gasteiger partial charge in [0.15, 0.2) is 0 Å². The quantitative estimate of drug-likeness (QED) is 0.226. The number of ether oxygens (including phenoxy) is 1. The molecular weight excluding hydrogens is 442 g/mol. The van der Waals surface area contributed by atoms with Gasteiger partial charge in [-0.05, 0) is 40.0 Å². The van der Waals surface area contributed by atoms with Gasteiger partial charge in [-0.2, -0.15) is 0 Å². The van der Waals surface area contributed by atoms with Gasteiger partial charge in [0.05, 0.1) is 0 Å². The number of carbonyl (C=O) groups excluding carboxylic acids is 5. The van der Waals surface area contributed by atoms with E-state index >= 15 is 0 Å². The molecule has 0 aliphatic heterocycles. The summed E-state index contributed by atoms with van der Waals surface area (Å²) in [5.74, 6) is -1.52. The maximum atomic E-state index is 12.7. The number of hydrogen-bond acceptors (Lipinski definition) is 6. The number of nitrogens with one attached hydrogen (secondary N) is 3. The van der Waals surface area contributed by atoms with Crippen molar-refractivity contribution in [2.75, 3.05) is 32.7 Å². The average Bonchev–Trinajstić information content (AvgIpc) is 2.71. The van der Waals surface area contributed by atoms with Crippen LogP contribution in [-0.4, -0.2) is 72.9 Å². The van der Waals surface area contributed by atoms with Crippen molar-refractivity contribution in [3.63, 3.8) is 0 Å². The number of unbranched alkanes of at least 4 members (excludes halogenated alkanes) is 4. The lowest BCUT2D eigenvalue weighted by Gasteiger charge is -2.23. The third-order valence-corrected chi connectivity index (χ3v) is 4.55. The smallest absolute Gasteiger partial charge is 0.407 e. The molecule has 0 saturated carbocycles. The second kappa shape index (κ2) is 17.6. The summed E-state index contributed by atoms with van der Waals surface area (Å²) in [7, 11) is 0. The van der Waals surface area contributed by atoms with Gasteiger partial charge in [-0.25, -0.2) is 4.79 Å². The van der Waals surface area contributed by atoms with E-state index in [-0.39, 0.29) is 43.8 Å². The van der Waals surface area contributed by atoms with Gasteiger partial charge >= 0.3 is 6.09 Å². The Balaban J connectivity index is 4.66. The molecule has 0 saturated heterocycles. The molecule has 0 rings (SSSR count). The molecule has 5 amide bonds. The number of carbonyl (C=O) groups is 5. The highest BCUT2D eigenvalue weighted by Crippen LogP contribution is 2.06. The van der Waals surface area contributed by atoms with Gasteiger partial charge < -0.3 is 31.3 Å². The Labute approximate surface area is 202 Å². The van der Waals surface area contributed by atoms with E-state index in [9.17, 15) is 24.0 Å². The summed E-state index contributed by atoms with van der Waals surface area (Å²) in [6.45, 7) is 7.65. The summed E-state index contributed by atoms with van der Waals surface area (Å²) in [5.41, 5.74) is 4.43. The molecule has 0 aromatic heterocycles. The van der Waals surface area contributed by atoms with Crippen LogP contribution in [0.15, 0.2) is 0 Å². The molecule has 0 bridgehead atoms. The first-order valence-corrected chi connectivity index (χ1v) is 12.0. The van der Waals surface area contributed by atoms with Gasteiger partial charge in [-0.15, -0.1) is 0 Å². The summed E-state index contributed by atoms with van der Waals surface area (Å²) in [6.07, 6.45) is 4.49. The zero-order valence-electron chi connectivity index (χ0n) is 21.2. The number of alkyl carbamates (subject to hydrolysis) is 1. The third-order valence-electron chi connectivity index (χ3n) is 4.55. The van der Waals surface area contributed by atoms with Crippen molar-refractivity contribution < 1.29 is 28.7 Å². The SMILES string of the molecule is CCCCCNC(=O)CN(CC(=O)NCCCCCC(N)=O)C(=O)CCNC(=O)OC(C)(C)C. The van der Waals surface area contributed by atoms with Crippen LogP contribution in [0.3, 0.4) is 0 Å². The molecule has 0 atom stereocenters. The van der Waals surface area contributed by atoms with Crippen molar-refractivity contribution >= 4 is 29.7 Å². The van der Waals surface area contributed by atoms with Crippen molar-refractivity contribution in [1.29, 1.82) is 0 Å². The predicted molar refractivity (Wildman–Crippen MR) is 129 cm³/mol. The second-order valence-electron chi connectivity index (χ2n) is 9.11. The fourth-order valence-corrected chi connectivity index (χ4v) is 2.87. The van der Waals surface area contributed by atoms with E-state index in [4.69, 9.17) is 10.5 Å². The molecule has 0 fully saturated rings. The molecule has 34 heavy (non-hydrogen) atoms. The number of rotatable bonds is 17. The summed E-state index contributed by atoms with van der Waals surface area (Å²) in [4.78, 5) is 60.9. The van der Waals surface area contributed by atoms with E-state index < -0.39 is 17.6 Å². The van der Waals surface area contributed by atoms with Crippen LogP contribution in [0.5, 0.6) is 0 Å². The first-order chi connectivity index (χ1) is 15.9. The Kier molecular flexibility index (Phi) is 16.1. The fourth-order valence-electron chi connectivity index (χ4n) is 2.87. The van der Waals surface area contributed by atoms with Gasteiger partial charge in [0.25, 0.3) is 0 Å². The summed E-state index contributed by atoms with van der Waals surface area (Å²) in [6, 6.07) is 0. The topological polar surface area (TPSA) is 160 Å². The number of nitrogens with two attached hydrogens (primary N) is 1. The van der Waals surface area contributed by atoms with E-state index in [2.05, 4.69) is 22.9 Å². The van der Waals surface area contributed by atoms with Crippen LogP contribution < -0.4 is 21.7 Å². The highest BCUT2D eigenvalue weighted by atomic mass is 16.6. The molecule has 0 radical (unpaired) electrons. The fraction of sp³-hybridized carbons (Fsp3) is 0.783. The van der Waals surface area contributed by atoms with Crippen LogP contribution in [0.25, 0.3) is 0 Å². The Morgan fingerprint density at radius 2 is 1.32 bits per heavy atom. The van der Waals surface area contributed by atoms with Crippen LogP contribution in [0.1, 0.15) is 79.1 Å². The van der Waals surface area contributed by atoms with Gasteiger partial charge in [-0.3, -0.25) is 19.2 Å². The van der Waals surface area contributed by atoms with E-state index in [0.717, 1.165) is 25.7 Å². The van der Waals surface area contributed by atoms with Gasteiger partial charge in [0.2, 0.25) is 23.6 Å². The van der Waals surface area contributed by atoms with Crippen molar-refractivity contribution in [2.45, 2.75) is 84.7 Å². The molecule has 0 aromatic rings. The molecule has 196 valence electrons. The largest absolute Gasteiger partial charge is 0.444 e. The van der Waals surface area contributed by atoms with Gasteiger partial charge in [0.1, 0.15) is 18.7 Å². The lowest BCUT2D eigenvalue weighted by Crippen LogP contribution is -2.46. The molecular formula is C23H43N5O6. The maximum absolute atomic E-state index is 12.7. The van der Waals surface area contributed by atoms with Crippen molar-refractivity contribution in [3.8, 4) is 0 Å². The van der Waals surface area contributed by atoms with Crippen molar-refractivity contribution in [1.82, 2.24) is 20.9 Å². The minimum Gasteiger partial charge on any atom is -0.444 e. The first kappa shape index (κ1) is 31.1. The molecule has 11 heteroatoms. The number of nitrogens with zero attached hydrogens (tertiary/aromatic N) is 1. The number of primary amides is 1. The Morgan fingerprint density at radius 3 is 1.82 bits per heavy atom. The van der Waals surface area contributed by atoms with Gasteiger partial charge in [-0.1, -0.05) is 26.2 Å². The predicted octanol–water partition coefficient (Wildman–Crippen LogP) is 1.20. The Morgan fingerprint density at radius 1 is 0.765 bits per heavy atom. The Hall–Kier alpha value is -2.85. The lowest BCUT2D eigenvalue weighted by atomic mass is 10.2. The number of amides is 5. The molecule has 0 aliphatic carbocycles. The molecule has 0 aliphatic rings. The number of hydrogen-bond donors (Lipinski definition) is 4. The average molecular weight is 486 g/mol. The van der Waals surface area contributed by atoms with Crippen molar-refractivity contribution in [2.24, 2.45) is 5.73 Å². The molecule has 0 heterocycles. The van der Waals surface area contributed by atoms with E-state index in [1.54, 1.807) is 20.8 Å². The first-order valence-electron chi connectivity index (χ1n) is 12.0. The van der Waals surface area contributed by atoms with Crippen LogP contribution in [0, 0.1) is 0 Å². The van der Waals surface area contributed by atoms with Crippen molar-refractivity contribution in [3.05, 3.63) is 0 Å². The molecule has 5 N–H and O–H groups in total. The zero-order chi connectivity index (χ0) is 26.0. The molecule has 0 spiro atoms. The normalized spacial score (nSPS) is 10.8. The summed E-state index contributed by atoms with van der Waals surface area (Å²) >= 11 is 0. The zero-order valence-corrected chi connectivity index (χ0v) is 21.2. The minimum atomic E-state index is -0.659. The standard InChI is InChI=1S/C23H43N5O6/c1-5-6-9-13-25-19(30)16-28(17-20(31)26-14-10-7-8-11-18(24)29)21(32)12-15-27-22(33)34-23(2,3)4/h5-17H2,1-4H3,(H2,24,29)(H,25,30)(H,26,31)(H,27,33). The van der Waals surface area contributed by atoms with Crippen LogP contribution in [0.2, 0.25) is 0 Å². The third kappa shape index (κ3) is 18.7. The highest BCUT2D eigenvalue weighted by Gasteiger charge is 2.21. The van der Waals surface area contributed by atoms with E-state index in [0.29, 0.717) is 32.4 Å². The Bertz CT molecular complexity index is 663. The molecule has 11 nitrogen and oxygen atoms in total. The van der Waals surface area contributed by atoms with Crippen LogP contribution in [0.4, 0.5) is 4.79 Å². The van der Waals surface area contributed by atoms with Crippen LogP contribution in [-0.2, 0) is 23.9 Å². The minimum absolute atomic E-state index is 0.0177. The monoisotopic (exact) mass is 485 g/mol.